The minimum atomic E-state index is -0.120. The molecule has 0 heterocycles. The van der Waals surface area contributed by atoms with Crippen molar-refractivity contribution in [3.05, 3.63) is 48.5 Å². The molecule has 0 atom stereocenters. The summed E-state index contributed by atoms with van der Waals surface area (Å²) in [5.41, 5.74) is 1.45. The van der Waals surface area contributed by atoms with Crippen molar-refractivity contribution in [1.29, 1.82) is 0 Å². The van der Waals surface area contributed by atoms with Gasteiger partial charge in [-0.15, -0.1) is 11.8 Å². The van der Waals surface area contributed by atoms with E-state index in [0.29, 0.717) is 6.61 Å². The molecule has 0 aliphatic rings. The van der Waals surface area contributed by atoms with E-state index < -0.39 is 0 Å². The first-order chi connectivity index (χ1) is 11.6. The molecule has 0 aromatic heterocycles. The molecule has 2 rings (SSSR count). The van der Waals surface area contributed by atoms with Gasteiger partial charge in [0.15, 0.2) is 0 Å². The van der Waals surface area contributed by atoms with Crippen LogP contribution in [0.15, 0.2) is 53.4 Å². The number of hydrogen-bond acceptors (Lipinski definition) is 4. The van der Waals surface area contributed by atoms with Crippen LogP contribution in [0.3, 0.4) is 0 Å². The van der Waals surface area contributed by atoms with Crippen LogP contribution < -0.4 is 15.4 Å². The Balaban J connectivity index is 1.85. The maximum Gasteiger partial charge on any atom is 0.234 e. The number of anilines is 2. The molecule has 24 heavy (non-hydrogen) atoms. The van der Waals surface area contributed by atoms with Gasteiger partial charge in [0.05, 0.1) is 12.4 Å². The molecule has 0 bridgehead atoms. The Hall–Kier alpha value is -2.47. The van der Waals surface area contributed by atoms with Crippen molar-refractivity contribution in [2.45, 2.75) is 18.7 Å². The normalized spacial score (nSPS) is 10.1. The second-order valence-electron chi connectivity index (χ2n) is 5.00. The number of hydrogen-bond donors (Lipinski definition) is 2. The average Bonchev–Trinajstić information content (AvgIpc) is 2.55. The van der Waals surface area contributed by atoms with Gasteiger partial charge in [-0.3, -0.25) is 9.59 Å². The number of benzene rings is 2. The SMILES string of the molecule is CCOc1ccc(NC(=O)CSc2cccc(NC(C)=O)c2)cc1. The monoisotopic (exact) mass is 344 g/mol. The van der Waals surface area contributed by atoms with E-state index in [1.807, 2.05) is 55.5 Å². The lowest BCUT2D eigenvalue weighted by atomic mass is 10.3. The third-order valence-corrected chi connectivity index (χ3v) is 3.97. The predicted molar refractivity (Wildman–Crippen MR) is 97.7 cm³/mol. The molecule has 0 spiro atoms. The molecular formula is C18H20N2O3S. The second-order valence-corrected chi connectivity index (χ2v) is 6.05. The molecule has 2 aromatic rings. The Kier molecular flexibility index (Phi) is 6.69. The van der Waals surface area contributed by atoms with E-state index in [0.717, 1.165) is 22.0 Å². The molecule has 0 fully saturated rings. The first kappa shape index (κ1) is 17.9. The summed E-state index contributed by atoms with van der Waals surface area (Å²) in [7, 11) is 0. The van der Waals surface area contributed by atoms with Crippen molar-refractivity contribution >= 4 is 35.0 Å². The van der Waals surface area contributed by atoms with E-state index in [9.17, 15) is 9.59 Å². The van der Waals surface area contributed by atoms with Crippen LogP contribution in [0.25, 0.3) is 0 Å². The van der Waals surface area contributed by atoms with Crippen LogP contribution in [0.4, 0.5) is 11.4 Å². The van der Waals surface area contributed by atoms with E-state index in [-0.39, 0.29) is 17.6 Å². The van der Waals surface area contributed by atoms with Crippen LogP contribution >= 0.6 is 11.8 Å². The molecule has 6 heteroatoms. The van der Waals surface area contributed by atoms with Crippen molar-refractivity contribution in [1.82, 2.24) is 0 Å². The maximum atomic E-state index is 12.0. The summed E-state index contributed by atoms with van der Waals surface area (Å²) in [5.74, 6) is 0.857. The minimum Gasteiger partial charge on any atom is -0.494 e. The Bertz CT molecular complexity index is 702. The van der Waals surface area contributed by atoms with Crippen molar-refractivity contribution in [2.75, 3.05) is 23.0 Å². The lowest BCUT2D eigenvalue weighted by molar-refractivity contribution is -0.114. The van der Waals surface area contributed by atoms with Gasteiger partial charge in [-0.25, -0.2) is 0 Å². The summed E-state index contributed by atoms with van der Waals surface area (Å²) in [6, 6.07) is 14.7. The van der Waals surface area contributed by atoms with Crippen molar-refractivity contribution < 1.29 is 14.3 Å². The predicted octanol–water partition coefficient (Wildman–Crippen LogP) is 3.77. The third kappa shape index (κ3) is 5.96. The molecule has 0 saturated carbocycles. The van der Waals surface area contributed by atoms with Gasteiger partial charge in [0.1, 0.15) is 5.75 Å². The highest BCUT2D eigenvalue weighted by molar-refractivity contribution is 8.00. The van der Waals surface area contributed by atoms with E-state index in [1.165, 1.54) is 18.7 Å². The highest BCUT2D eigenvalue weighted by Gasteiger charge is 2.05. The Morgan fingerprint density at radius 3 is 2.46 bits per heavy atom. The van der Waals surface area contributed by atoms with Crippen molar-refractivity contribution in [3.63, 3.8) is 0 Å². The van der Waals surface area contributed by atoms with E-state index in [4.69, 9.17) is 4.74 Å². The van der Waals surface area contributed by atoms with Gasteiger partial charge >= 0.3 is 0 Å². The van der Waals surface area contributed by atoms with Crippen LogP contribution in [0.5, 0.6) is 5.75 Å². The number of rotatable bonds is 7. The number of ether oxygens (including phenoxy) is 1. The Morgan fingerprint density at radius 2 is 1.79 bits per heavy atom. The first-order valence-corrected chi connectivity index (χ1v) is 8.58. The van der Waals surface area contributed by atoms with Crippen LogP contribution in [0, 0.1) is 0 Å². The molecule has 2 amide bonds. The van der Waals surface area contributed by atoms with Gasteiger partial charge in [0, 0.05) is 23.2 Å². The molecule has 126 valence electrons. The number of carbonyl (C=O) groups excluding carboxylic acids is 2. The fourth-order valence-corrected chi connectivity index (χ4v) is 2.77. The summed E-state index contributed by atoms with van der Waals surface area (Å²) in [5, 5.41) is 5.57. The zero-order valence-corrected chi connectivity index (χ0v) is 14.5. The van der Waals surface area contributed by atoms with Crippen LogP contribution in [0.1, 0.15) is 13.8 Å². The molecule has 2 aromatic carbocycles. The van der Waals surface area contributed by atoms with Crippen LogP contribution in [-0.4, -0.2) is 24.2 Å². The van der Waals surface area contributed by atoms with Gasteiger partial charge in [0.2, 0.25) is 11.8 Å². The number of thioether (sulfide) groups is 1. The van der Waals surface area contributed by atoms with E-state index >= 15 is 0 Å². The quantitative estimate of drug-likeness (QED) is 0.750. The van der Waals surface area contributed by atoms with Crippen molar-refractivity contribution in [2.24, 2.45) is 0 Å². The first-order valence-electron chi connectivity index (χ1n) is 7.60. The topological polar surface area (TPSA) is 67.4 Å². The van der Waals surface area contributed by atoms with Gasteiger partial charge < -0.3 is 15.4 Å². The molecule has 0 aliphatic heterocycles. The second kappa shape index (κ2) is 8.98. The van der Waals surface area contributed by atoms with E-state index in [1.54, 1.807) is 0 Å². The van der Waals surface area contributed by atoms with E-state index in [2.05, 4.69) is 10.6 Å². The molecule has 2 N–H and O–H groups in total. The molecule has 0 unspecified atom stereocenters. The number of carbonyl (C=O) groups is 2. The fourth-order valence-electron chi connectivity index (χ4n) is 2.01. The van der Waals surface area contributed by atoms with Gasteiger partial charge in [-0.05, 0) is 49.4 Å². The molecule has 0 radical (unpaired) electrons. The molecule has 0 aliphatic carbocycles. The summed E-state index contributed by atoms with van der Waals surface area (Å²) in [6.07, 6.45) is 0. The molecular weight excluding hydrogens is 324 g/mol. The molecule has 0 saturated heterocycles. The van der Waals surface area contributed by atoms with Gasteiger partial charge in [0.25, 0.3) is 0 Å². The van der Waals surface area contributed by atoms with Gasteiger partial charge in [-0.1, -0.05) is 6.07 Å². The average molecular weight is 344 g/mol. The standard InChI is InChI=1S/C18H20N2O3S/c1-3-23-16-9-7-14(8-10-16)20-18(22)12-24-17-6-4-5-15(11-17)19-13(2)21/h4-11H,3,12H2,1-2H3,(H,19,21)(H,20,22). The van der Waals surface area contributed by atoms with Gasteiger partial charge in [-0.2, -0.15) is 0 Å². The van der Waals surface area contributed by atoms with Crippen LogP contribution in [0.2, 0.25) is 0 Å². The number of amides is 2. The van der Waals surface area contributed by atoms with Crippen molar-refractivity contribution in [3.8, 4) is 5.75 Å². The third-order valence-electron chi connectivity index (χ3n) is 2.97. The van der Waals surface area contributed by atoms with Crippen LogP contribution in [-0.2, 0) is 9.59 Å². The zero-order valence-electron chi connectivity index (χ0n) is 13.7. The zero-order chi connectivity index (χ0) is 17.4. The summed E-state index contributed by atoms with van der Waals surface area (Å²) in [4.78, 5) is 24.0. The Morgan fingerprint density at radius 1 is 1.04 bits per heavy atom. The number of nitrogens with one attached hydrogen (secondary N) is 2. The Labute approximate surface area is 145 Å². The lowest BCUT2D eigenvalue weighted by Crippen LogP contribution is -2.13. The highest BCUT2D eigenvalue weighted by atomic mass is 32.2. The minimum absolute atomic E-state index is 0.0888. The lowest BCUT2D eigenvalue weighted by Gasteiger charge is -2.08. The maximum absolute atomic E-state index is 12.0. The largest absolute Gasteiger partial charge is 0.494 e. The summed E-state index contributed by atoms with van der Waals surface area (Å²) >= 11 is 1.41. The summed E-state index contributed by atoms with van der Waals surface area (Å²) in [6.45, 7) is 4.00. The smallest absolute Gasteiger partial charge is 0.234 e. The molecule has 5 nitrogen and oxygen atoms in total. The summed E-state index contributed by atoms with van der Waals surface area (Å²) < 4.78 is 5.36. The fraction of sp³-hybridized carbons (Fsp3) is 0.222. The highest BCUT2D eigenvalue weighted by Crippen LogP contribution is 2.22.